The van der Waals surface area contributed by atoms with Crippen LogP contribution in [0.1, 0.15) is 30.1 Å². The minimum atomic E-state index is 0.497. The number of aromatic nitrogens is 2. The number of imidazole rings is 1. The van der Waals surface area contributed by atoms with Gasteiger partial charge in [0.15, 0.2) is 0 Å². The summed E-state index contributed by atoms with van der Waals surface area (Å²) < 4.78 is 1.98. The second-order valence-electron chi connectivity index (χ2n) is 5.14. The molecule has 0 unspecified atom stereocenters. The first-order valence-corrected chi connectivity index (χ1v) is 6.57. The van der Waals surface area contributed by atoms with E-state index < -0.39 is 0 Å². The predicted molar refractivity (Wildman–Crippen MR) is 77.6 cm³/mol. The van der Waals surface area contributed by atoms with Gasteiger partial charge in [-0.25, -0.2) is 4.98 Å². The van der Waals surface area contributed by atoms with Crippen LogP contribution in [0.2, 0.25) is 0 Å². The van der Waals surface area contributed by atoms with Crippen LogP contribution >= 0.6 is 0 Å². The van der Waals surface area contributed by atoms with Crippen molar-refractivity contribution in [2.24, 2.45) is 0 Å². The molecule has 2 N–H and O–H groups in total. The third kappa shape index (κ3) is 2.10. The molecule has 1 aromatic carbocycles. The van der Waals surface area contributed by atoms with Gasteiger partial charge < -0.3 is 10.3 Å². The Morgan fingerprint density at radius 2 is 2.26 bits per heavy atom. The standard InChI is InChI=1S/C16H17N3/c1-3-9-19-15(17)14(18-16(19)12-7-8-12)13-6-4-5-11(2)10-13/h1,4-6,10,12H,7-9,17H2,2H3. The SMILES string of the molecule is C#CCn1c(C2CC2)nc(-c2cccc(C)c2)c1N. The number of nitrogen functional groups attached to an aromatic ring is 1. The van der Waals surface area contributed by atoms with Crippen molar-refractivity contribution >= 4 is 5.82 Å². The summed E-state index contributed by atoms with van der Waals surface area (Å²) in [6, 6.07) is 8.25. The number of benzene rings is 1. The highest BCUT2D eigenvalue weighted by molar-refractivity contribution is 5.71. The minimum Gasteiger partial charge on any atom is -0.383 e. The Bertz CT molecular complexity index is 657. The van der Waals surface area contributed by atoms with Gasteiger partial charge in [0.2, 0.25) is 0 Å². The van der Waals surface area contributed by atoms with E-state index in [9.17, 15) is 0 Å². The lowest BCUT2D eigenvalue weighted by Crippen LogP contribution is -2.05. The van der Waals surface area contributed by atoms with Gasteiger partial charge in [-0.15, -0.1) is 6.42 Å². The van der Waals surface area contributed by atoms with Crippen molar-refractivity contribution in [3.8, 4) is 23.6 Å². The van der Waals surface area contributed by atoms with Crippen molar-refractivity contribution in [1.29, 1.82) is 0 Å². The molecule has 0 bridgehead atoms. The molecular formula is C16H17N3. The molecule has 0 aliphatic heterocycles. The summed E-state index contributed by atoms with van der Waals surface area (Å²) in [5.74, 6) is 4.94. The van der Waals surface area contributed by atoms with E-state index in [2.05, 4.69) is 25.0 Å². The zero-order chi connectivity index (χ0) is 13.4. The molecule has 0 radical (unpaired) electrons. The van der Waals surface area contributed by atoms with Crippen molar-refractivity contribution in [3.05, 3.63) is 35.7 Å². The van der Waals surface area contributed by atoms with Crippen LogP contribution in [0.4, 0.5) is 5.82 Å². The smallest absolute Gasteiger partial charge is 0.132 e. The van der Waals surface area contributed by atoms with Gasteiger partial charge in [0.05, 0.1) is 6.54 Å². The first kappa shape index (κ1) is 11.9. The second-order valence-corrected chi connectivity index (χ2v) is 5.14. The molecule has 0 amide bonds. The molecule has 1 fully saturated rings. The summed E-state index contributed by atoms with van der Waals surface area (Å²) in [4.78, 5) is 4.74. The maximum atomic E-state index is 6.24. The molecule has 1 heterocycles. The van der Waals surface area contributed by atoms with E-state index in [1.54, 1.807) is 0 Å². The van der Waals surface area contributed by atoms with Crippen LogP contribution in [0, 0.1) is 19.3 Å². The van der Waals surface area contributed by atoms with Crippen LogP contribution in [0.5, 0.6) is 0 Å². The van der Waals surface area contributed by atoms with Gasteiger partial charge in [0, 0.05) is 11.5 Å². The van der Waals surface area contributed by atoms with E-state index >= 15 is 0 Å². The van der Waals surface area contributed by atoms with Crippen LogP contribution in [0.25, 0.3) is 11.3 Å². The molecule has 96 valence electrons. The van der Waals surface area contributed by atoms with Gasteiger partial charge in [-0.05, 0) is 25.8 Å². The van der Waals surface area contributed by atoms with Gasteiger partial charge >= 0.3 is 0 Å². The van der Waals surface area contributed by atoms with Crippen LogP contribution < -0.4 is 5.73 Å². The normalized spacial score (nSPS) is 14.3. The van der Waals surface area contributed by atoms with Gasteiger partial charge in [0.1, 0.15) is 17.3 Å². The minimum absolute atomic E-state index is 0.497. The van der Waals surface area contributed by atoms with Crippen molar-refractivity contribution in [3.63, 3.8) is 0 Å². The molecule has 1 aromatic heterocycles. The lowest BCUT2D eigenvalue weighted by Gasteiger charge is -2.05. The summed E-state index contributed by atoms with van der Waals surface area (Å²) >= 11 is 0. The Kier molecular flexibility index (Phi) is 2.79. The fourth-order valence-electron chi connectivity index (χ4n) is 2.40. The lowest BCUT2D eigenvalue weighted by molar-refractivity contribution is 0.762. The zero-order valence-electron chi connectivity index (χ0n) is 11.1. The third-order valence-electron chi connectivity index (χ3n) is 3.52. The first-order valence-electron chi connectivity index (χ1n) is 6.57. The number of nitrogens with zero attached hydrogens (tertiary/aromatic N) is 2. The van der Waals surface area contributed by atoms with E-state index in [1.165, 1.54) is 18.4 Å². The Morgan fingerprint density at radius 1 is 1.47 bits per heavy atom. The Morgan fingerprint density at radius 3 is 2.89 bits per heavy atom. The molecule has 3 rings (SSSR count). The Hall–Kier alpha value is -2.21. The van der Waals surface area contributed by atoms with Crippen molar-refractivity contribution in [2.75, 3.05) is 5.73 Å². The number of rotatable bonds is 3. The molecule has 1 saturated carbocycles. The highest BCUT2D eigenvalue weighted by Crippen LogP contribution is 2.42. The predicted octanol–water partition coefficient (Wildman–Crippen LogP) is 2.95. The highest BCUT2D eigenvalue weighted by atomic mass is 15.1. The Balaban J connectivity index is 2.12. The van der Waals surface area contributed by atoms with E-state index in [0.29, 0.717) is 18.3 Å². The average Bonchev–Trinajstić information content (AvgIpc) is 3.17. The second kappa shape index (κ2) is 4.47. The third-order valence-corrected chi connectivity index (χ3v) is 3.52. The summed E-state index contributed by atoms with van der Waals surface area (Å²) in [6.07, 6.45) is 7.81. The van der Waals surface area contributed by atoms with Crippen LogP contribution in [0.3, 0.4) is 0 Å². The van der Waals surface area contributed by atoms with Gasteiger partial charge in [-0.1, -0.05) is 29.7 Å². The van der Waals surface area contributed by atoms with Gasteiger partial charge in [-0.2, -0.15) is 0 Å². The molecule has 0 spiro atoms. The molecule has 19 heavy (non-hydrogen) atoms. The molecule has 3 nitrogen and oxygen atoms in total. The number of hydrogen-bond acceptors (Lipinski definition) is 2. The number of terminal acetylenes is 1. The van der Waals surface area contributed by atoms with Crippen LogP contribution in [-0.4, -0.2) is 9.55 Å². The van der Waals surface area contributed by atoms with E-state index in [-0.39, 0.29) is 0 Å². The van der Waals surface area contributed by atoms with Crippen LogP contribution in [0.15, 0.2) is 24.3 Å². The number of hydrogen-bond donors (Lipinski definition) is 1. The maximum absolute atomic E-state index is 6.24. The summed E-state index contributed by atoms with van der Waals surface area (Å²) in [5.41, 5.74) is 9.37. The molecule has 1 aliphatic carbocycles. The van der Waals surface area contributed by atoms with Gasteiger partial charge in [-0.3, -0.25) is 0 Å². The van der Waals surface area contributed by atoms with Crippen LogP contribution in [-0.2, 0) is 6.54 Å². The maximum Gasteiger partial charge on any atom is 0.132 e. The summed E-state index contributed by atoms with van der Waals surface area (Å²) in [7, 11) is 0. The van der Waals surface area contributed by atoms with Crippen molar-refractivity contribution in [2.45, 2.75) is 32.2 Å². The molecule has 2 aromatic rings. The highest BCUT2D eigenvalue weighted by Gasteiger charge is 2.30. The quantitative estimate of drug-likeness (QED) is 0.852. The van der Waals surface area contributed by atoms with Crippen molar-refractivity contribution < 1.29 is 0 Å². The summed E-state index contributed by atoms with van der Waals surface area (Å²) in [6.45, 7) is 2.57. The number of aryl methyl sites for hydroxylation is 1. The lowest BCUT2D eigenvalue weighted by atomic mass is 10.1. The fourth-order valence-corrected chi connectivity index (χ4v) is 2.40. The van der Waals surface area contributed by atoms with E-state index in [0.717, 1.165) is 17.1 Å². The van der Waals surface area contributed by atoms with E-state index in [4.69, 9.17) is 17.1 Å². The van der Waals surface area contributed by atoms with Crippen molar-refractivity contribution in [1.82, 2.24) is 9.55 Å². The summed E-state index contributed by atoms with van der Waals surface area (Å²) in [5, 5.41) is 0. The molecule has 0 saturated heterocycles. The average molecular weight is 251 g/mol. The largest absolute Gasteiger partial charge is 0.383 e. The Labute approximate surface area is 113 Å². The van der Waals surface area contributed by atoms with E-state index in [1.807, 2.05) is 16.7 Å². The molecule has 1 aliphatic rings. The topological polar surface area (TPSA) is 43.8 Å². The number of nitrogens with two attached hydrogens (primary N) is 1. The molecule has 3 heteroatoms. The number of anilines is 1. The molecular weight excluding hydrogens is 234 g/mol. The first-order chi connectivity index (χ1) is 9.20. The molecule has 0 atom stereocenters. The van der Waals surface area contributed by atoms with Gasteiger partial charge in [0.25, 0.3) is 0 Å². The fraction of sp³-hybridized carbons (Fsp3) is 0.312. The monoisotopic (exact) mass is 251 g/mol. The zero-order valence-corrected chi connectivity index (χ0v) is 11.1.